The van der Waals surface area contributed by atoms with Crippen molar-refractivity contribution in [1.82, 2.24) is 9.78 Å². The Morgan fingerprint density at radius 2 is 2.11 bits per heavy atom. The van der Waals surface area contributed by atoms with Crippen molar-refractivity contribution >= 4 is 29.0 Å². The Kier molecular flexibility index (Phi) is 4.27. The van der Waals surface area contributed by atoms with Gasteiger partial charge in [0.15, 0.2) is 5.78 Å². The van der Waals surface area contributed by atoms with Gasteiger partial charge in [-0.2, -0.15) is 5.10 Å². The molecule has 0 amide bonds. The molecule has 100 valence electrons. The molecule has 1 heterocycles. The van der Waals surface area contributed by atoms with E-state index in [2.05, 4.69) is 5.10 Å². The Morgan fingerprint density at radius 3 is 2.74 bits per heavy atom. The Hall–Kier alpha value is -1.32. The number of carbonyl (C=O) groups excluding carboxylic acids is 1. The second kappa shape index (κ2) is 5.76. The fraction of sp³-hybridized carbons (Fsp3) is 0.286. The number of aryl methyl sites for hydroxylation is 2. The lowest BCUT2D eigenvalue weighted by Crippen LogP contribution is -2.08. The number of benzene rings is 1. The van der Waals surface area contributed by atoms with Crippen LogP contribution in [-0.4, -0.2) is 15.6 Å². The van der Waals surface area contributed by atoms with E-state index in [4.69, 9.17) is 23.2 Å². The average Bonchev–Trinajstić information content (AvgIpc) is 2.73. The maximum atomic E-state index is 12.3. The molecule has 1 aromatic carbocycles. The molecule has 0 radical (unpaired) electrons. The van der Waals surface area contributed by atoms with Crippen molar-refractivity contribution in [3.8, 4) is 0 Å². The van der Waals surface area contributed by atoms with Crippen LogP contribution in [0.15, 0.2) is 24.3 Å². The molecule has 0 aliphatic carbocycles. The predicted molar refractivity (Wildman–Crippen MR) is 77.1 cm³/mol. The van der Waals surface area contributed by atoms with E-state index in [1.54, 1.807) is 22.9 Å². The van der Waals surface area contributed by atoms with Gasteiger partial charge in [0, 0.05) is 18.3 Å². The summed E-state index contributed by atoms with van der Waals surface area (Å²) >= 11 is 12.0. The fourth-order valence-corrected chi connectivity index (χ4v) is 2.29. The third kappa shape index (κ3) is 2.99. The maximum absolute atomic E-state index is 12.3. The van der Waals surface area contributed by atoms with Gasteiger partial charge in [-0.15, -0.1) is 0 Å². The molecular formula is C14H14Cl2N2O. The van der Waals surface area contributed by atoms with E-state index in [1.165, 1.54) is 0 Å². The smallest absolute Gasteiger partial charge is 0.170 e. The van der Waals surface area contributed by atoms with E-state index < -0.39 is 0 Å². The highest BCUT2D eigenvalue weighted by Gasteiger charge is 2.15. The van der Waals surface area contributed by atoms with Crippen LogP contribution in [0.3, 0.4) is 0 Å². The molecule has 2 aromatic rings. The van der Waals surface area contributed by atoms with Gasteiger partial charge in [-0.3, -0.25) is 9.48 Å². The third-order valence-corrected chi connectivity index (χ3v) is 3.80. The molecule has 0 N–H and O–H groups in total. The summed E-state index contributed by atoms with van der Waals surface area (Å²) in [5, 5.41) is 5.03. The number of rotatable bonds is 4. The SMILES string of the molecule is CCc1cc(CC(=O)c2cccc(Cl)c2Cl)n(C)n1. The minimum Gasteiger partial charge on any atom is -0.294 e. The zero-order valence-corrected chi connectivity index (χ0v) is 12.3. The Balaban J connectivity index is 2.25. The van der Waals surface area contributed by atoms with Gasteiger partial charge in [0.25, 0.3) is 0 Å². The van der Waals surface area contributed by atoms with Crippen LogP contribution in [-0.2, 0) is 19.9 Å². The second-order valence-corrected chi connectivity index (χ2v) is 5.09. The predicted octanol–water partition coefficient (Wildman–Crippen LogP) is 3.71. The van der Waals surface area contributed by atoms with Crippen molar-refractivity contribution in [2.24, 2.45) is 7.05 Å². The first kappa shape index (κ1) is 14.1. The third-order valence-electron chi connectivity index (χ3n) is 2.98. The van der Waals surface area contributed by atoms with E-state index in [9.17, 15) is 4.79 Å². The first-order valence-corrected chi connectivity index (χ1v) is 6.77. The van der Waals surface area contributed by atoms with E-state index >= 15 is 0 Å². The van der Waals surface area contributed by atoms with Crippen LogP contribution >= 0.6 is 23.2 Å². The number of hydrogen-bond donors (Lipinski definition) is 0. The largest absolute Gasteiger partial charge is 0.294 e. The fourth-order valence-electron chi connectivity index (χ4n) is 1.89. The summed E-state index contributed by atoms with van der Waals surface area (Å²) in [6, 6.07) is 7.02. The van der Waals surface area contributed by atoms with Gasteiger partial charge in [0.1, 0.15) is 0 Å². The summed E-state index contributed by atoms with van der Waals surface area (Å²) in [6.45, 7) is 2.03. The lowest BCUT2D eigenvalue weighted by Gasteiger charge is -2.05. The summed E-state index contributed by atoms with van der Waals surface area (Å²) in [6.07, 6.45) is 1.11. The van der Waals surface area contributed by atoms with Crippen LogP contribution in [0, 0.1) is 0 Å². The number of hydrogen-bond acceptors (Lipinski definition) is 2. The monoisotopic (exact) mass is 296 g/mol. The van der Waals surface area contributed by atoms with E-state index in [0.717, 1.165) is 17.8 Å². The highest BCUT2D eigenvalue weighted by molar-refractivity contribution is 6.43. The van der Waals surface area contributed by atoms with Crippen LogP contribution in [0.2, 0.25) is 10.0 Å². The summed E-state index contributed by atoms with van der Waals surface area (Å²) in [5.74, 6) is -0.0573. The highest BCUT2D eigenvalue weighted by Crippen LogP contribution is 2.26. The molecule has 0 fully saturated rings. The molecule has 0 saturated carbocycles. The first-order chi connectivity index (χ1) is 9.02. The second-order valence-electron chi connectivity index (χ2n) is 4.31. The molecule has 3 nitrogen and oxygen atoms in total. The lowest BCUT2D eigenvalue weighted by molar-refractivity contribution is 0.0991. The normalized spacial score (nSPS) is 10.7. The topological polar surface area (TPSA) is 34.9 Å². The van der Waals surface area contributed by atoms with E-state index in [-0.39, 0.29) is 12.2 Å². The molecule has 5 heteroatoms. The zero-order chi connectivity index (χ0) is 14.0. The molecule has 0 bridgehead atoms. The molecule has 0 unspecified atom stereocenters. The maximum Gasteiger partial charge on any atom is 0.170 e. The van der Waals surface area contributed by atoms with Crippen LogP contribution < -0.4 is 0 Å². The average molecular weight is 297 g/mol. The Morgan fingerprint density at radius 1 is 1.37 bits per heavy atom. The van der Waals surface area contributed by atoms with Crippen molar-refractivity contribution in [3.05, 3.63) is 51.3 Å². The summed E-state index contributed by atoms with van der Waals surface area (Å²) < 4.78 is 1.73. The van der Waals surface area contributed by atoms with Crippen molar-refractivity contribution in [2.75, 3.05) is 0 Å². The van der Waals surface area contributed by atoms with Crippen molar-refractivity contribution in [3.63, 3.8) is 0 Å². The molecule has 2 rings (SSSR count). The quantitative estimate of drug-likeness (QED) is 0.806. The molecule has 0 aliphatic heterocycles. The molecule has 0 spiro atoms. The zero-order valence-electron chi connectivity index (χ0n) is 10.8. The van der Waals surface area contributed by atoms with E-state index in [0.29, 0.717) is 15.6 Å². The van der Waals surface area contributed by atoms with Crippen molar-refractivity contribution in [2.45, 2.75) is 19.8 Å². The van der Waals surface area contributed by atoms with Gasteiger partial charge in [0.05, 0.1) is 22.2 Å². The van der Waals surface area contributed by atoms with Gasteiger partial charge in [-0.1, -0.05) is 36.2 Å². The first-order valence-electron chi connectivity index (χ1n) is 6.02. The molecule has 0 aliphatic rings. The molecule has 1 aromatic heterocycles. The number of carbonyl (C=O) groups is 1. The van der Waals surface area contributed by atoms with Gasteiger partial charge < -0.3 is 0 Å². The number of nitrogens with zero attached hydrogens (tertiary/aromatic N) is 2. The molecular weight excluding hydrogens is 283 g/mol. The van der Waals surface area contributed by atoms with Gasteiger partial charge in [-0.05, 0) is 24.6 Å². The minimum absolute atomic E-state index is 0.0573. The summed E-state index contributed by atoms with van der Waals surface area (Å²) in [5.41, 5.74) is 2.30. The van der Waals surface area contributed by atoms with Crippen molar-refractivity contribution in [1.29, 1.82) is 0 Å². The van der Waals surface area contributed by atoms with Gasteiger partial charge in [-0.25, -0.2) is 0 Å². The summed E-state index contributed by atoms with van der Waals surface area (Å²) in [4.78, 5) is 12.3. The molecule has 0 saturated heterocycles. The van der Waals surface area contributed by atoms with Crippen LogP contribution in [0.1, 0.15) is 28.7 Å². The van der Waals surface area contributed by atoms with Crippen molar-refractivity contribution < 1.29 is 4.79 Å². The molecule has 0 atom stereocenters. The van der Waals surface area contributed by atoms with Gasteiger partial charge >= 0.3 is 0 Å². The van der Waals surface area contributed by atoms with Crippen LogP contribution in [0.25, 0.3) is 0 Å². The number of halogens is 2. The Bertz CT molecular complexity index is 620. The number of aromatic nitrogens is 2. The van der Waals surface area contributed by atoms with Crippen LogP contribution in [0.4, 0.5) is 0 Å². The summed E-state index contributed by atoms with van der Waals surface area (Å²) in [7, 11) is 1.83. The number of ketones is 1. The van der Waals surface area contributed by atoms with Crippen LogP contribution in [0.5, 0.6) is 0 Å². The standard InChI is InChI=1S/C14H14Cl2N2O/c1-3-9-7-10(18(2)17-9)8-13(19)11-5-4-6-12(15)14(11)16/h4-7H,3,8H2,1-2H3. The Labute approximate surface area is 122 Å². The van der Waals surface area contributed by atoms with Gasteiger partial charge in [0.2, 0.25) is 0 Å². The minimum atomic E-state index is -0.0573. The lowest BCUT2D eigenvalue weighted by atomic mass is 10.1. The number of Topliss-reactive ketones (excluding diaryl/α,β-unsaturated/α-hetero) is 1. The molecule has 19 heavy (non-hydrogen) atoms. The highest BCUT2D eigenvalue weighted by atomic mass is 35.5. The van der Waals surface area contributed by atoms with E-state index in [1.807, 2.05) is 20.0 Å².